The van der Waals surface area contributed by atoms with Crippen molar-refractivity contribution in [1.29, 1.82) is 0 Å². The molecule has 0 unspecified atom stereocenters. The van der Waals surface area contributed by atoms with Gasteiger partial charge < -0.3 is 15.4 Å². The molecule has 0 aromatic carbocycles. The van der Waals surface area contributed by atoms with Gasteiger partial charge in [0.05, 0.1) is 6.54 Å². The Morgan fingerprint density at radius 2 is 1.74 bits per heavy atom. The number of amides is 1. The molecule has 1 amide bonds. The van der Waals surface area contributed by atoms with Crippen molar-refractivity contribution in [2.75, 3.05) is 39.3 Å². The lowest BCUT2D eigenvalue weighted by atomic mass is 10.2. The van der Waals surface area contributed by atoms with Crippen molar-refractivity contribution in [2.45, 2.75) is 32.8 Å². The van der Waals surface area contributed by atoms with Crippen LogP contribution in [0.1, 0.15) is 27.2 Å². The highest BCUT2D eigenvalue weighted by atomic mass is 16.6. The van der Waals surface area contributed by atoms with E-state index in [1.165, 1.54) is 0 Å². The van der Waals surface area contributed by atoms with Crippen molar-refractivity contribution in [3.63, 3.8) is 0 Å². The summed E-state index contributed by atoms with van der Waals surface area (Å²) in [5.74, 6) is 0.0783. The van der Waals surface area contributed by atoms with Crippen LogP contribution in [0.3, 0.4) is 0 Å². The van der Waals surface area contributed by atoms with E-state index in [1.54, 1.807) is 4.90 Å². The topological polar surface area (TPSA) is 75.9 Å². The SMILES string of the molecule is CC(C)(C)OC(=O)N1CCN(CCC(=O)CN)CC1. The Bertz CT molecular complexity index is 318. The van der Waals surface area contributed by atoms with Crippen LogP contribution in [0.5, 0.6) is 0 Å². The maximum Gasteiger partial charge on any atom is 0.410 e. The number of nitrogens with two attached hydrogens (primary N) is 1. The third-order valence-electron chi connectivity index (χ3n) is 2.96. The summed E-state index contributed by atoms with van der Waals surface area (Å²) in [5.41, 5.74) is 4.81. The van der Waals surface area contributed by atoms with E-state index in [2.05, 4.69) is 4.90 Å². The fraction of sp³-hybridized carbons (Fsp3) is 0.846. The van der Waals surface area contributed by atoms with Crippen LogP contribution >= 0.6 is 0 Å². The van der Waals surface area contributed by atoms with Crippen LogP contribution in [0.2, 0.25) is 0 Å². The Kier molecular flexibility index (Phi) is 5.75. The summed E-state index contributed by atoms with van der Waals surface area (Å²) in [4.78, 5) is 26.9. The van der Waals surface area contributed by atoms with Crippen molar-refractivity contribution in [3.05, 3.63) is 0 Å². The summed E-state index contributed by atoms with van der Waals surface area (Å²) in [6.07, 6.45) is 0.230. The zero-order valence-corrected chi connectivity index (χ0v) is 12.1. The highest BCUT2D eigenvalue weighted by Crippen LogP contribution is 2.11. The van der Waals surface area contributed by atoms with Gasteiger partial charge in [-0.25, -0.2) is 4.79 Å². The van der Waals surface area contributed by atoms with Gasteiger partial charge in [-0.3, -0.25) is 9.69 Å². The third-order valence-corrected chi connectivity index (χ3v) is 2.96. The monoisotopic (exact) mass is 271 g/mol. The average molecular weight is 271 g/mol. The molecule has 1 saturated heterocycles. The zero-order chi connectivity index (χ0) is 14.5. The van der Waals surface area contributed by atoms with Crippen molar-refractivity contribution in [1.82, 2.24) is 9.80 Å². The minimum Gasteiger partial charge on any atom is -0.444 e. The lowest BCUT2D eigenvalue weighted by molar-refractivity contribution is -0.118. The Morgan fingerprint density at radius 1 is 1.16 bits per heavy atom. The number of Topliss-reactive ketones (excluding diaryl/α,β-unsaturated/α-hetero) is 1. The molecular formula is C13H25N3O3. The molecule has 1 rings (SSSR count). The summed E-state index contributed by atoms with van der Waals surface area (Å²) < 4.78 is 5.33. The molecule has 1 aliphatic rings. The molecule has 1 heterocycles. The number of ether oxygens (including phenoxy) is 1. The van der Waals surface area contributed by atoms with Gasteiger partial charge in [-0.15, -0.1) is 0 Å². The van der Waals surface area contributed by atoms with Crippen LogP contribution in [0.4, 0.5) is 4.79 Å². The van der Waals surface area contributed by atoms with Crippen LogP contribution in [0, 0.1) is 0 Å². The molecule has 0 aromatic heterocycles. The highest BCUT2D eigenvalue weighted by Gasteiger charge is 2.25. The molecule has 0 aromatic rings. The Hall–Kier alpha value is -1.14. The lowest BCUT2D eigenvalue weighted by Crippen LogP contribution is -2.50. The number of piperazine rings is 1. The Morgan fingerprint density at radius 3 is 2.21 bits per heavy atom. The second-order valence-corrected chi connectivity index (χ2v) is 5.80. The van der Waals surface area contributed by atoms with E-state index >= 15 is 0 Å². The maximum absolute atomic E-state index is 11.8. The lowest BCUT2D eigenvalue weighted by Gasteiger charge is -2.35. The number of carbonyl (C=O) groups excluding carboxylic acids is 2. The summed E-state index contributed by atoms with van der Waals surface area (Å²) in [7, 11) is 0. The van der Waals surface area contributed by atoms with E-state index in [-0.39, 0.29) is 18.4 Å². The fourth-order valence-electron chi connectivity index (χ4n) is 1.87. The van der Waals surface area contributed by atoms with E-state index in [0.717, 1.165) is 19.6 Å². The molecular weight excluding hydrogens is 246 g/mol. The second kappa shape index (κ2) is 6.86. The van der Waals surface area contributed by atoms with E-state index in [0.29, 0.717) is 19.5 Å². The summed E-state index contributed by atoms with van der Waals surface area (Å²) >= 11 is 0. The van der Waals surface area contributed by atoms with Crippen molar-refractivity contribution >= 4 is 11.9 Å². The summed E-state index contributed by atoms with van der Waals surface area (Å²) in [6, 6.07) is 0. The number of hydrogen-bond donors (Lipinski definition) is 1. The van der Waals surface area contributed by atoms with Crippen LogP contribution in [-0.2, 0) is 9.53 Å². The van der Waals surface area contributed by atoms with E-state index < -0.39 is 5.60 Å². The number of nitrogens with zero attached hydrogens (tertiary/aromatic N) is 2. The molecule has 0 saturated carbocycles. The first-order valence-electron chi connectivity index (χ1n) is 6.74. The fourth-order valence-corrected chi connectivity index (χ4v) is 1.87. The zero-order valence-electron chi connectivity index (χ0n) is 12.1. The largest absolute Gasteiger partial charge is 0.444 e. The third kappa shape index (κ3) is 6.02. The molecule has 110 valence electrons. The van der Waals surface area contributed by atoms with Gasteiger partial charge in [0.2, 0.25) is 0 Å². The van der Waals surface area contributed by atoms with Crippen molar-refractivity contribution < 1.29 is 14.3 Å². The Balaban J connectivity index is 2.29. The van der Waals surface area contributed by atoms with Gasteiger partial charge in [0.25, 0.3) is 0 Å². The van der Waals surface area contributed by atoms with Crippen molar-refractivity contribution in [3.8, 4) is 0 Å². The Labute approximate surface area is 114 Å². The van der Waals surface area contributed by atoms with Gasteiger partial charge in [0.15, 0.2) is 0 Å². The minimum atomic E-state index is -0.457. The molecule has 0 radical (unpaired) electrons. The van der Waals surface area contributed by atoms with Gasteiger partial charge in [0, 0.05) is 39.1 Å². The normalized spacial score (nSPS) is 17.4. The summed E-state index contributed by atoms with van der Waals surface area (Å²) in [5, 5.41) is 0. The van der Waals surface area contributed by atoms with Gasteiger partial charge in [0.1, 0.15) is 11.4 Å². The quantitative estimate of drug-likeness (QED) is 0.804. The van der Waals surface area contributed by atoms with Gasteiger partial charge in [-0.1, -0.05) is 0 Å². The molecule has 0 spiro atoms. The van der Waals surface area contributed by atoms with Gasteiger partial charge in [-0.2, -0.15) is 0 Å². The van der Waals surface area contributed by atoms with Gasteiger partial charge >= 0.3 is 6.09 Å². The molecule has 1 fully saturated rings. The molecule has 0 atom stereocenters. The van der Waals surface area contributed by atoms with E-state index in [1.807, 2.05) is 20.8 Å². The molecule has 2 N–H and O–H groups in total. The van der Waals surface area contributed by atoms with Crippen LogP contribution in [-0.4, -0.2) is 66.5 Å². The van der Waals surface area contributed by atoms with Crippen LogP contribution in [0.15, 0.2) is 0 Å². The van der Waals surface area contributed by atoms with E-state index in [4.69, 9.17) is 10.5 Å². The standard InChI is InChI=1S/C13H25N3O3/c1-13(2,3)19-12(18)16-8-6-15(7-9-16)5-4-11(17)10-14/h4-10,14H2,1-3H3. The molecule has 6 heteroatoms. The molecule has 0 bridgehead atoms. The van der Waals surface area contributed by atoms with Crippen molar-refractivity contribution in [2.24, 2.45) is 5.73 Å². The molecule has 6 nitrogen and oxygen atoms in total. The van der Waals surface area contributed by atoms with Gasteiger partial charge in [-0.05, 0) is 20.8 Å². The smallest absolute Gasteiger partial charge is 0.410 e. The van der Waals surface area contributed by atoms with Crippen LogP contribution < -0.4 is 5.73 Å². The highest BCUT2D eigenvalue weighted by molar-refractivity contribution is 5.80. The maximum atomic E-state index is 11.8. The second-order valence-electron chi connectivity index (χ2n) is 5.80. The number of hydrogen-bond acceptors (Lipinski definition) is 5. The first-order valence-corrected chi connectivity index (χ1v) is 6.74. The number of ketones is 1. The van der Waals surface area contributed by atoms with E-state index in [9.17, 15) is 9.59 Å². The average Bonchev–Trinajstić information content (AvgIpc) is 2.34. The first-order chi connectivity index (χ1) is 8.81. The predicted octanol–water partition coefficient (Wildman–Crippen LogP) is 0.457. The molecule has 0 aliphatic carbocycles. The first kappa shape index (κ1) is 15.9. The minimum absolute atomic E-state index is 0.0783. The molecule has 1 aliphatic heterocycles. The summed E-state index contributed by atoms with van der Waals surface area (Å²) in [6.45, 7) is 9.25. The number of carbonyl (C=O) groups is 2. The number of rotatable bonds is 4. The predicted molar refractivity (Wildman–Crippen MR) is 72.9 cm³/mol. The molecule has 19 heavy (non-hydrogen) atoms. The van der Waals surface area contributed by atoms with Crippen LogP contribution in [0.25, 0.3) is 0 Å².